The first-order valence-electron chi connectivity index (χ1n) is 9.14. The van der Waals surface area contributed by atoms with E-state index in [1.165, 1.54) is 7.11 Å². The van der Waals surface area contributed by atoms with Gasteiger partial charge in [0.15, 0.2) is 11.6 Å². The van der Waals surface area contributed by atoms with Gasteiger partial charge in [0.05, 0.1) is 32.3 Å². The molecule has 1 amide bonds. The van der Waals surface area contributed by atoms with Gasteiger partial charge < -0.3 is 14.4 Å². The third-order valence-corrected chi connectivity index (χ3v) is 4.68. The number of pyridine rings is 1. The summed E-state index contributed by atoms with van der Waals surface area (Å²) in [5.74, 6) is 0.176. The molecule has 4 rings (SSSR count). The minimum absolute atomic E-state index is 0.0119. The molecule has 0 saturated carbocycles. The molecule has 0 atom stereocenters. The van der Waals surface area contributed by atoms with E-state index in [0.29, 0.717) is 35.8 Å². The summed E-state index contributed by atoms with van der Waals surface area (Å²) in [5.41, 5.74) is 1.68. The monoisotopic (exact) mass is 394 g/mol. The van der Waals surface area contributed by atoms with Crippen molar-refractivity contribution in [2.45, 2.75) is 12.5 Å². The fourth-order valence-corrected chi connectivity index (χ4v) is 3.08. The van der Waals surface area contributed by atoms with Crippen LogP contribution in [0.25, 0.3) is 11.1 Å². The van der Waals surface area contributed by atoms with Crippen LogP contribution in [0.2, 0.25) is 0 Å². The predicted octanol–water partition coefficient (Wildman–Crippen LogP) is 2.52. The number of ether oxygens (including phenoxy) is 2. The lowest BCUT2D eigenvalue weighted by Gasteiger charge is -2.38. The maximum Gasteiger partial charge on any atom is 0.228 e. The Morgan fingerprint density at radius 3 is 2.76 bits per heavy atom. The van der Waals surface area contributed by atoms with E-state index < -0.39 is 5.82 Å². The fourth-order valence-electron chi connectivity index (χ4n) is 3.08. The Hall–Kier alpha value is -3.55. The highest BCUT2D eigenvalue weighted by molar-refractivity contribution is 5.79. The Kier molecular flexibility index (Phi) is 5.33. The summed E-state index contributed by atoms with van der Waals surface area (Å²) < 4.78 is 25.2. The molecule has 0 bridgehead atoms. The summed E-state index contributed by atoms with van der Waals surface area (Å²) in [6.07, 6.45) is 3.23. The summed E-state index contributed by atoms with van der Waals surface area (Å²) >= 11 is 0. The van der Waals surface area contributed by atoms with E-state index in [0.717, 1.165) is 0 Å². The standard InChI is InChI=1S/C21H19FN4O3/c1-28-18-6-2-5-17(21(18)22)14-7-8-19(23-11-14)29-16-12-26(13-16)20(27)10-15-4-3-9-24-25-15/h2-9,11,16H,10,12-13H2,1H3. The number of methoxy groups -OCH3 is 1. The lowest BCUT2D eigenvalue weighted by molar-refractivity contribution is -0.139. The second kappa shape index (κ2) is 8.22. The van der Waals surface area contributed by atoms with Gasteiger partial charge >= 0.3 is 0 Å². The Balaban J connectivity index is 1.32. The summed E-state index contributed by atoms with van der Waals surface area (Å²) in [7, 11) is 1.43. The van der Waals surface area contributed by atoms with Crippen molar-refractivity contribution >= 4 is 5.91 Å². The molecule has 1 aromatic carbocycles. The smallest absolute Gasteiger partial charge is 0.228 e. The number of rotatable bonds is 6. The molecule has 0 unspecified atom stereocenters. The molecule has 0 aliphatic carbocycles. The van der Waals surface area contributed by atoms with Gasteiger partial charge in [0.2, 0.25) is 11.8 Å². The van der Waals surface area contributed by atoms with Gasteiger partial charge in [-0.2, -0.15) is 10.2 Å². The van der Waals surface area contributed by atoms with Crippen LogP contribution in [0, 0.1) is 5.82 Å². The van der Waals surface area contributed by atoms with Crippen LogP contribution in [0.3, 0.4) is 0 Å². The molecular weight excluding hydrogens is 375 g/mol. The second-order valence-electron chi connectivity index (χ2n) is 6.64. The third-order valence-electron chi connectivity index (χ3n) is 4.68. The molecule has 2 aromatic heterocycles. The van der Waals surface area contributed by atoms with Crippen LogP contribution in [0.4, 0.5) is 4.39 Å². The molecule has 1 aliphatic heterocycles. The molecule has 1 saturated heterocycles. The first-order valence-corrected chi connectivity index (χ1v) is 9.14. The normalized spacial score (nSPS) is 13.7. The number of nitrogens with zero attached hydrogens (tertiary/aromatic N) is 4. The predicted molar refractivity (Wildman–Crippen MR) is 103 cm³/mol. The number of hydrogen-bond donors (Lipinski definition) is 0. The van der Waals surface area contributed by atoms with Crippen molar-refractivity contribution in [2.24, 2.45) is 0 Å². The highest BCUT2D eigenvalue weighted by Gasteiger charge is 2.32. The molecule has 7 nitrogen and oxygen atoms in total. The van der Waals surface area contributed by atoms with Crippen molar-refractivity contribution in [3.63, 3.8) is 0 Å². The number of carbonyl (C=O) groups excluding carboxylic acids is 1. The van der Waals surface area contributed by atoms with Crippen LogP contribution in [-0.2, 0) is 11.2 Å². The van der Waals surface area contributed by atoms with Crippen molar-refractivity contribution in [3.8, 4) is 22.8 Å². The van der Waals surface area contributed by atoms with Crippen LogP contribution in [0.5, 0.6) is 11.6 Å². The highest BCUT2D eigenvalue weighted by Crippen LogP contribution is 2.29. The average molecular weight is 394 g/mol. The maximum atomic E-state index is 14.4. The van der Waals surface area contributed by atoms with Crippen molar-refractivity contribution in [1.29, 1.82) is 0 Å². The van der Waals surface area contributed by atoms with Crippen LogP contribution in [-0.4, -0.2) is 52.3 Å². The molecule has 0 radical (unpaired) electrons. The van der Waals surface area contributed by atoms with E-state index in [4.69, 9.17) is 9.47 Å². The van der Waals surface area contributed by atoms with Gasteiger partial charge in [-0.15, -0.1) is 0 Å². The third kappa shape index (κ3) is 4.16. The first-order chi connectivity index (χ1) is 14.1. The van der Waals surface area contributed by atoms with Crippen molar-refractivity contribution in [2.75, 3.05) is 20.2 Å². The molecule has 3 aromatic rings. The van der Waals surface area contributed by atoms with E-state index in [1.54, 1.807) is 59.8 Å². The van der Waals surface area contributed by atoms with Gasteiger partial charge in [-0.3, -0.25) is 4.79 Å². The minimum atomic E-state index is -0.429. The second-order valence-corrected chi connectivity index (χ2v) is 6.64. The van der Waals surface area contributed by atoms with Crippen molar-refractivity contribution in [1.82, 2.24) is 20.1 Å². The quantitative estimate of drug-likeness (QED) is 0.639. The van der Waals surface area contributed by atoms with Gasteiger partial charge in [-0.1, -0.05) is 12.1 Å². The molecule has 0 spiro atoms. The molecule has 1 fully saturated rings. The molecule has 29 heavy (non-hydrogen) atoms. The lowest BCUT2D eigenvalue weighted by Crippen LogP contribution is -2.56. The van der Waals surface area contributed by atoms with E-state index in [1.807, 2.05) is 0 Å². The lowest BCUT2D eigenvalue weighted by atomic mass is 10.1. The van der Waals surface area contributed by atoms with E-state index >= 15 is 0 Å². The zero-order valence-electron chi connectivity index (χ0n) is 15.8. The molecule has 148 valence electrons. The summed E-state index contributed by atoms with van der Waals surface area (Å²) in [4.78, 5) is 18.2. The number of likely N-dealkylation sites (tertiary alicyclic amines) is 1. The van der Waals surface area contributed by atoms with Gasteiger partial charge in [0, 0.05) is 29.6 Å². The fraction of sp³-hybridized carbons (Fsp3) is 0.238. The number of halogens is 1. The zero-order chi connectivity index (χ0) is 20.2. The number of carbonyl (C=O) groups is 1. The minimum Gasteiger partial charge on any atom is -0.494 e. The van der Waals surface area contributed by atoms with Crippen LogP contribution in [0.1, 0.15) is 5.69 Å². The molecule has 3 heterocycles. The summed E-state index contributed by atoms with van der Waals surface area (Å²) in [5, 5.41) is 7.69. The number of amides is 1. The molecule has 0 N–H and O–H groups in total. The van der Waals surface area contributed by atoms with Crippen LogP contribution in [0.15, 0.2) is 54.9 Å². The zero-order valence-corrected chi connectivity index (χ0v) is 15.8. The Morgan fingerprint density at radius 2 is 2.07 bits per heavy atom. The van der Waals surface area contributed by atoms with Gasteiger partial charge in [0.1, 0.15) is 6.10 Å². The topological polar surface area (TPSA) is 77.4 Å². The average Bonchev–Trinajstić information content (AvgIpc) is 2.72. The summed E-state index contributed by atoms with van der Waals surface area (Å²) in [6.45, 7) is 0.986. The Morgan fingerprint density at radius 1 is 1.21 bits per heavy atom. The molecule has 8 heteroatoms. The van der Waals surface area contributed by atoms with E-state index in [-0.39, 0.29) is 24.2 Å². The Labute approximate surface area is 167 Å². The van der Waals surface area contributed by atoms with Gasteiger partial charge in [0.25, 0.3) is 0 Å². The van der Waals surface area contributed by atoms with Gasteiger partial charge in [-0.25, -0.2) is 9.37 Å². The Bertz CT molecular complexity index is 993. The largest absolute Gasteiger partial charge is 0.494 e. The van der Waals surface area contributed by atoms with Crippen molar-refractivity contribution < 1.29 is 18.7 Å². The van der Waals surface area contributed by atoms with E-state index in [2.05, 4.69) is 15.2 Å². The van der Waals surface area contributed by atoms with Gasteiger partial charge in [-0.05, 0) is 24.3 Å². The molecular formula is C21H19FN4O3. The van der Waals surface area contributed by atoms with E-state index in [9.17, 15) is 9.18 Å². The number of hydrogen-bond acceptors (Lipinski definition) is 6. The van der Waals surface area contributed by atoms with Crippen LogP contribution < -0.4 is 9.47 Å². The van der Waals surface area contributed by atoms with Crippen LogP contribution >= 0.6 is 0 Å². The number of aromatic nitrogens is 3. The van der Waals surface area contributed by atoms with Crippen molar-refractivity contribution in [3.05, 3.63) is 66.4 Å². The first kappa shape index (κ1) is 18.8. The maximum absolute atomic E-state index is 14.4. The molecule has 1 aliphatic rings. The SMILES string of the molecule is COc1cccc(-c2ccc(OC3CN(C(=O)Cc4cccnn4)C3)nc2)c1F. The number of benzene rings is 1. The summed E-state index contributed by atoms with van der Waals surface area (Å²) in [6, 6.07) is 11.9. The highest BCUT2D eigenvalue weighted by atomic mass is 19.1.